The number of imidazole rings is 1. The minimum absolute atomic E-state index is 0.202. The second-order valence-corrected chi connectivity index (χ2v) is 7.99. The Balaban J connectivity index is 1.38. The fraction of sp³-hybridized carbons (Fsp3) is 0.115. The molecule has 0 spiro atoms. The van der Waals surface area contributed by atoms with Gasteiger partial charge in [0, 0.05) is 31.9 Å². The van der Waals surface area contributed by atoms with Gasteiger partial charge >= 0.3 is 0 Å². The number of amides is 1. The number of hydrogen-bond acceptors (Lipinski definition) is 7. The zero-order valence-corrected chi connectivity index (χ0v) is 19.5. The van der Waals surface area contributed by atoms with Gasteiger partial charge in [-0.15, -0.1) is 0 Å². The quantitative estimate of drug-likeness (QED) is 0.355. The van der Waals surface area contributed by atoms with Crippen LogP contribution in [0.2, 0.25) is 0 Å². The standard InChI is InChI=1S/C26H23N7O2/c1-16-12-18(5-10-23(16)35-19-7-9-22-21(13-19)30-15-33(22)3)32-26-25-20(28-14-29-26)8-4-17(31-25)6-11-24(34)27-2/h4-15H,1-3H3,(H,27,34)(H,28,29,32)/b11-6+. The van der Waals surface area contributed by atoms with Crippen molar-refractivity contribution in [2.75, 3.05) is 12.4 Å². The molecule has 5 aromatic rings. The molecule has 0 saturated carbocycles. The van der Waals surface area contributed by atoms with Crippen LogP contribution < -0.4 is 15.4 Å². The Morgan fingerprint density at radius 2 is 1.91 bits per heavy atom. The summed E-state index contributed by atoms with van der Waals surface area (Å²) in [6, 6.07) is 15.3. The molecule has 9 heteroatoms. The van der Waals surface area contributed by atoms with E-state index in [0.29, 0.717) is 22.5 Å². The SMILES string of the molecule is CNC(=O)/C=C/c1ccc2ncnc(Nc3ccc(Oc4ccc5c(c4)ncn5C)c(C)c3)c2n1. The molecule has 0 saturated heterocycles. The second kappa shape index (κ2) is 9.22. The molecular formula is C26H23N7O2. The maximum absolute atomic E-state index is 11.5. The maximum Gasteiger partial charge on any atom is 0.243 e. The first-order valence-electron chi connectivity index (χ1n) is 11.0. The summed E-state index contributed by atoms with van der Waals surface area (Å²) < 4.78 is 8.09. The number of nitrogens with zero attached hydrogens (tertiary/aromatic N) is 5. The lowest BCUT2D eigenvalue weighted by Gasteiger charge is -2.12. The average molecular weight is 466 g/mol. The van der Waals surface area contributed by atoms with Gasteiger partial charge in [0.05, 0.1) is 28.6 Å². The number of likely N-dealkylation sites (N-methyl/N-ethyl adjacent to an activating group) is 1. The zero-order chi connectivity index (χ0) is 24.4. The smallest absolute Gasteiger partial charge is 0.243 e. The summed E-state index contributed by atoms with van der Waals surface area (Å²) in [5.41, 5.74) is 5.65. The van der Waals surface area contributed by atoms with Crippen molar-refractivity contribution in [2.45, 2.75) is 6.92 Å². The Morgan fingerprint density at radius 1 is 1.03 bits per heavy atom. The molecule has 0 radical (unpaired) electrons. The molecule has 174 valence electrons. The molecule has 0 aliphatic rings. The predicted octanol–water partition coefficient (Wildman–Crippen LogP) is 4.52. The topological polar surface area (TPSA) is 107 Å². The third-order valence-corrected chi connectivity index (χ3v) is 5.52. The summed E-state index contributed by atoms with van der Waals surface area (Å²) >= 11 is 0. The van der Waals surface area contributed by atoms with Gasteiger partial charge in [-0.1, -0.05) is 0 Å². The van der Waals surface area contributed by atoms with Crippen molar-refractivity contribution in [2.24, 2.45) is 7.05 Å². The highest BCUT2D eigenvalue weighted by Gasteiger charge is 2.10. The number of aromatic nitrogens is 5. The summed E-state index contributed by atoms with van der Waals surface area (Å²) in [5, 5.41) is 5.87. The van der Waals surface area contributed by atoms with Crippen LogP contribution in [0.25, 0.3) is 28.1 Å². The van der Waals surface area contributed by atoms with E-state index in [1.807, 2.05) is 61.0 Å². The van der Waals surface area contributed by atoms with E-state index in [1.54, 1.807) is 25.5 Å². The van der Waals surface area contributed by atoms with Gasteiger partial charge in [0.25, 0.3) is 0 Å². The van der Waals surface area contributed by atoms with E-state index in [4.69, 9.17) is 4.74 Å². The normalized spacial score (nSPS) is 11.3. The fourth-order valence-corrected chi connectivity index (χ4v) is 3.67. The van der Waals surface area contributed by atoms with Crippen LogP contribution in [0.1, 0.15) is 11.3 Å². The van der Waals surface area contributed by atoms with Crippen molar-refractivity contribution < 1.29 is 9.53 Å². The largest absolute Gasteiger partial charge is 0.457 e. The van der Waals surface area contributed by atoms with Crippen LogP contribution in [-0.2, 0) is 11.8 Å². The van der Waals surface area contributed by atoms with Crippen molar-refractivity contribution in [3.8, 4) is 11.5 Å². The number of aryl methyl sites for hydroxylation is 2. The first kappa shape index (κ1) is 22.0. The first-order valence-corrected chi connectivity index (χ1v) is 11.0. The van der Waals surface area contributed by atoms with Gasteiger partial charge in [-0.2, -0.15) is 0 Å². The highest BCUT2D eigenvalue weighted by Crippen LogP contribution is 2.30. The van der Waals surface area contributed by atoms with E-state index in [9.17, 15) is 4.79 Å². The predicted molar refractivity (Wildman–Crippen MR) is 136 cm³/mol. The average Bonchev–Trinajstić information content (AvgIpc) is 3.24. The lowest BCUT2D eigenvalue weighted by atomic mass is 10.2. The fourth-order valence-electron chi connectivity index (χ4n) is 3.67. The van der Waals surface area contributed by atoms with Crippen molar-refractivity contribution in [3.05, 3.63) is 78.5 Å². The minimum atomic E-state index is -0.202. The van der Waals surface area contributed by atoms with Crippen LogP contribution >= 0.6 is 0 Å². The summed E-state index contributed by atoms with van der Waals surface area (Å²) in [7, 11) is 3.54. The summed E-state index contributed by atoms with van der Waals surface area (Å²) in [5.74, 6) is 1.84. The van der Waals surface area contributed by atoms with Gasteiger partial charge in [0.2, 0.25) is 5.91 Å². The van der Waals surface area contributed by atoms with Gasteiger partial charge in [-0.25, -0.2) is 19.9 Å². The van der Waals surface area contributed by atoms with Gasteiger partial charge in [-0.05, 0) is 61.0 Å². The van der Waals surface area contributed by atoms with Crippen LogP contribution in [0, 0.1) is 6.92 Å². The molecule has 2 aromatic carbocycles. The number of anilines is 2. The van der Waals surface area contributed by atoms with Gasteiger partial charge < -0.3 is 19.9 Å². The van der Waals surface area contributed by atoms with E-state index in [0.717, 1.165) is 33.8 Å². The molecule has 3 heterocycles. The number of fused-ring (bicyclic) bond motifs is 2. The number of ether oxygens (including phenoxy) is 1. The summed E-state index contributed by atoms with van der Waals surface area (Å²) in [6.45, 7) is 1.98. The lowest BCUT2D eigenvalue weighted by Crippen LogP contribution is -2.13. The molecule has 1 amide bonds. The van der Waals surface area contributed by atoms with Gasteiger partial charge in [-0.3, -0.25) is 4.79 Å². The van der Waals surface area contributed by atoms with Crippen LogP contribution in [0.3, 0.4) is 0 Å². The van der Waals surface area contributed by atoms with E-state index >= 15 is 0 Å². The van der Waals surface area contributed by atoms with E-state index in [1.165, 1.54) is 12.4 Å². The Morgan fingerprint density at radius 3 is 2.74 bits per heavy atom. The number of hydrogen-bond donors (Lipinski definition) is 2. The zero-order valence-electron chi connectivity index (χ0n) is 19.5. The van der Waals surface area contributed by atoms with E-state index in [2.05, 4.69) is 30.6 Å². The number of nitrogens with one attached hydrogen (secondary N) is 2. The molecule has 0 unspecified atom stereocenters. The van der Waals surface area contributed by atoms with Gasteiger partial charge in [0.1, 0.15) is 23.3 Å². The monoisotopic (exact) mass is 465 g/mol. The summed E-state index contributed by atoms with van der Waals surface area (Å²) in [4.78, 5) is 29.2. The maximum atomic E-state index is 11.5. The molecule has 2 N–H and O–H groups in total. The van der Waals surface area contributed by atoms with Crippen LogP contribution in [-0.4, -0.2) is 37.5 Å². The van der Waals surface area contributed by atoms with Crippen LogP contribution in [0.4, 0.5) is 11.5 Å². The molecule has 0 bridgehead atoms. The van der Waals surface area contributed by atoms with Crippen molar-refractivity contribution in [1.82, 2.24) is 29.8 Å². The van der Waals surface area contributed by atoms with Crippen molar-refractivity contribution in [3.63, 3.8) is 0 Å². The Hall–Kier alpha value is -4.79. The third-order valence-electron chi connectivity index (χ3n) is 5.52. The third kappa shape index (κ3) is 4.65. The Labute approximate surface area is 201 Å². The molecule has 0 aliphatic carbocycles. The number of carbonyl (C=O) groups excluding carboxylic acids is 1. The second-order valence-electron chi connectivity index (χ2n) is 7.99. The highest BCUT2D eigenvalue weighted by atomic mass is 16.5. The molecule has 0 atom stereocenters. The first-order chi connectivity index (χ1) is 17.0. The minimum Gasteiger partial charge on any atom is -0.457 e. The van der Waals surface area contributed by atoms with Crippen molar-refractivity contribution in [1.29, 1.82) is 0 Å². The molecule has 3 aromatic heterocycles. The number of pyridine rings is 1. The Bertz CT molecular complexity index is 1590. The number of carbonyl (C=O) groups is 1. The highest BCUT2D eigenvalue weighted by molar-refractivity contribution is 5.92. The van der Waals surface area contributed by atoms with Crippen LogP contribution in [0.5, 0.6) is 11.5 Å². The summed E-state index contributed by atoms with van der Waals surface area (Å²) in [6.07, 6.45) is 6.35. The molecule has 9 nitrogen and oxygen atoms in total. The van der Waals surface area contributed by atoms with E-state index in [-0.39, 0.29) is 5.91 Å². The molecule has 0 aliphatic heterocycles. The molecular weight excluding hydrogens is 442 g/mol. The molecule has 5 rings (SSSR count). The van der Waals surface area contributed by atoms with E-state index < -0.39 is 0 Å². The molecule has 35 heavy (non-hydrogen) atoms. The number of benzene rings is 2. The Kier molecular flexibility index (Phi) is 5.80. The molecule has 0 fully saturated rings. The van der Waals surface area contributed by atoms with Gasteiger partial charge in [0.15, 0.2) is 5.82 Å². The van der Waals surface area contributed by atoms with Crippen LogP contribution in [0.15, 0.2) is 67.3 Å². The number of rotatable bonds is 6. The van der Waals surface area contributed by atoms with Crippen molar-refractivity contribution >= 4 is 45.6 Å². The lowest BCUT2D eigenvalue weighted by molar-refractivity contribution is -0.115.